The van der Waals surface area contributed by atoms with Crippen molar-refractivity contribution in [2.45, 2.75) is 13.8 Å². The van der Waals surface area contributed by atoms with E-state index >= 15 is 0 Å². The van der Waals surface area contributed by atoms with Crippen molar-refractivity contribution in [2.75, 3.05) is 31.1 Å². The Kier molecular flexibility index (Phi) is 5.05. The highest BCUT2D eigenvalue weighted by molar-refractivity contribution is 5.94. The van der Waals surface area contributed by atoms with Crippen molar-refractivity contribution in [3.63, 3.8) is 0 Å². The van der Waals surface area contributed by atoms with Crippen molar-refractivity contribution in [3.8, 4) is 11.8 Å². The number of nitriles is 1. The number of aryl methyl sites for hydroxylation is 1. The average Bonchev–Trinajstić information content (AvgIpc) is 3.08. The van der Waals surface area contributed by atoms with Gasteiger partial charge in [0, 0.05) is 31.7 Å². The van der Waals surface area contributed by atoms with Crippen LogP contribution in [-0.4, -0.2) is 46.8 Å². The number of carbonyl (C=O) groups is 1. The molecule has 0 N–H and O–H groups in total. The molecule has 1 aliphatic heterocycles. The molecule has 1 amide bonds. The number of piperazine rings is 1. The molecule has 0 radical (unpaired) electrons. The summed E-state index contributed by atoms with van der Waals surface area (Å²) in [6, 6.07) is 19.0. The largest absolute Gasteiger partial charge is 0.365 e. The van der Waals surface area contributed by atoms with Crippen molar-refractivity contribution in [2.24, 2.45) is 0 Å². The van der Waals surface area contributed by atoms with Crippen molar-refractivity contribution in [3.05, 3.63) is 77.1 Å². The molecule has 4 rings (SSSR count). The van der Waals surface area contributed by atoms with E-state index in [-0.39, 0.29) is 5.91 Å². The number of benzene rings is 2. The van der Waals surface area contributed by atoms with E-state index in [1.54, 1.807) is 24.3 Å². The maximum atomic E-state index is 12.8. The van der Waals surface area contributed by atoms with Crippen molar-refractivity contribution >= 4 is 11.6 Å². The summed E-state index contributed by atoms with van der Waals surface area (Å²) in [7, 11) is 0. The third kappa shape index (κ3) is 3.59. The van der Waals surface area contributed by atoms with Crippen LogP contribution in [0.4, 0.5) is 5.69 Å². The summed E-state index contributed by atoms with van der Waals surface area (Å²) in [5, 5.41) is 13.7. The maximum absolute atomic E-state index is 12.8. The van der Waals surface area contributed by atoms with E-state index in [9.17, 15) is 4.79 Å². The summed E-state index contributed by atoms with van der Waals surface area (Å²) >= 11 is 0. The minimum absolute atomic E-state index is 0.0163. The number of anilines is 1. The van der Waals surface area contributed by atoms with Crippen LogP contribution in [0.2, 0.25) is 0 Å². The summed E-state index contributed by atoms with van der Waals surface area (Å²) in [6.45, 7) is 6.99. The molecule has 2 aromatic carbocycles. The van der Waals surface area contributed by atoms with E-state index in [1.807, 2.05) is 34.7 Å². The van der Waals surface area contributed by atoms with Crippen LogP contribution in [-0.2, 0) is 0 Å². The van der Waals surface area contributed by atoms with Gasteiger partial charge in [-0.3, -0.25) is 4.79 Å². The first-order valence-corrected chi connectivity index (χ1v) is 9.74. The first-order chi connectivity index (χ1) is 14.1. The number of hydrogen-bond acceptors (Lipinski definition) is 4. The molecule has 1 fully saturated rings. The number of rotatable bonds is 3. The zero-order chi connectivity index (χ0) is 20.4. The second kappa shape index (κ2) is 7.80. The molecule has 1 aromatic heterocycles. The van der Waals surface area contributed by atoms with Gasteiger partial charge in [-0.15, -0.1) is 0 Å². The second-order valence-electron chi connectivity index (χ2n) is 7.24. The minimum Gasteiger partial charge on any atom is -0.365 e. The van der Waals surface area contributed by atoms with Gasteiger partial charge < -0.3 is 9.80 Å². The summed E-state index contributed by atoms with van der Waals surface area (Å²) in [5.74, 6) is 0.0163. The third-order valence-electron chi connectivity index (χ3n) is 5.40. The summed E-state index contributed by atoms with van der Waals surface area (Å²) in [4.78, 5) is 17.0. The van der Waals surface area contributed by atoms with E-state index in [0.29, 0.717) is 24.2 Å². The Morgan fingerprint density at radius 3 is 2.24 bits per heavy atom. The van der Waals surface area contributed by atoms with Gasteiger partial charge in [0.05, 0.1) is 34.4 Å². The van der Waals surface area contributed by atoms with Crippen LogP contribution in [0.15, 0.2) is 54.6 Å². The Bertz CT molecular complexity index is 1060. The Balaban J connectivity index is 1.48. The summed E-state index contributed by atoms with van der Waals surface area (Å²) < 4.78 is 1.99. The van der Waals surface area contributed by atoms with Gasteiger partial charge in [0.1, 0.15) is 0 Å². The SMILES string of the molecule is Cc1nn(-c2ccccc2)c(C)c1N1CCN(C(=O)c2ccc(C#N)cc2)CC1. The predicted molar refractivity (Wildman–Crippen MR) is 112 cm³/mol. The molecule has 0 saturated carbocycles. The molecule has 0 spiro atoms. The first-order valence-electron chi connectivity index (χ1n) is 9.74. The molecular weight excluding hydrogens is 362 g/mol. The first kappa shape index (κ1) is 18.8. The highest BCUT2D eigenvalue weighted by Gasteiger charge is 2.26. The lowest BCUT2D eigenvalue weighted by Crippen LogP contribution is -2.49. The van der Waals surface area contributed by atoms with E-state index in [0.717, 1.165) is 35.9 Å². The predicted octanol–water partition coefficient (Wildman–Crippen LogP) is 3.32. The number of para-hydroxylation sites is 1. The van der Waals surface area contributed by atoms with Gasteiger partial charge >= 0.3 is 0 Å². The Hall–Kier alpha value is -3.59. The highest BCUT2D eigenvalue weighted by atomic mass is 16.2. The molecule has 29 heavy (non-hydrogen) atoms. The van der Waals surface area contributed by atoms with E-state index in [1.165, 1.54) is 0 Å². The Morgan fingerprint density at radius 2 is 1.62 bits per heavy atom. The van der Waals surface area contributed by atoms with Crippen molar-refractivity contribution in [1.29, 1.82) is 5.26 Å². The van der Waals surface area contributed by atoms with Gasteiger partial charge in [0.25, 0.3) is 5.91 Å². The number of nitrogens with zero attached hydrogens (tertiary/aromatic N) is 5. The maximum Gasteiger partial charge on any atom is 0.253 e. The molecule has 1 saturated heterocycles. The molecule has 146 valence electrons. The summed E-state index contributed by atoms with van der Waals surface area (Å²) in [6.07, 6.45) is 0. The smallest absolute Gasteiger partial charge is 0.253 e. The lowest BCUT2D eigenvalue weighted by Gasteiger charge is -2.36. The molecule has 6 nitrogen and oxygen atoms in total. The van der Waals surface area contributed by atoms with Gasteiger partial charge in [-0.1, -0.05) is 18.2 Å². The van der Waals surface area contributed by atoms with Gasteiger partial charge in [-0.05, 0) is 50.2 Å². The van der Waals surface area contributed by atoms with Gasteiger partial charge in [-0.25, -0.2) is 4.68 Å². The van der Waals surface area contributed by atoms with Crippen LogP contribution in [0, 0.1) is 25.2 Å². The third-order valence-corrected chi connectivity index (χ3v) is 5.40. The molecule has 2 heterocycles. The molecule has 0 bridgehead atoms. The number of amides is 1. The number of aromatic nitrogens is 2. The van der Waals surface area contributed by atoms with E-state index < -0.39 is 0 Å². The van der Waals surface area contributed by atoms with Crippen LogP contribution < -0.4 is 4.90 Å². The lowest BCUT2D eigenvalue weighted by molar-refractivity contribution is 0.0747. The standard InChI is InChI=1S/C23H23N5O/c1-17-22(18(2)28(25-17)21-6-4-3-5-7-21)26-12-14-27(15-13-26)23(29)20-10-8-19(16-24)9-11-20/h3-11H,12-15H2,1-2H3. The van der Waals surface area contributed by atoms with E-state index in [2.05, 4.69) is 30.0 Å². The molecule has 3 aromatic rings. The quantitative estimate of drug-likeness (QED) is 0.694. The van der Waals surface area contributed by atoms with Gasteiger partial charge in [0.15, 0.2) is 0 Å². The van der Waals surface area contributed by atoms with Crippen LogP contribution in [0.3, 0.4) is 0 Å². The highest BCUT2D eigenvalue weighted by Crippen LogP contribution is 2.28. The topological polar surface area (TPSA) is 65.2 Å². The van der Waals surface area contributed by atoms with E-state index in [4.69, 9.17) is 10.4 Å². The molecule has 6 heteroatoms. The van der Waals surface area contributed by atoms with Crippen LogP contribution >= 0.6 is 0 Å². The monoisotopic (exact) mass is 385 g/mol. The van der Waals surface area contributed by atoms with Crippen LogP contribution in [0.5, 0.6) is 0 Å². The fourth-order valence-corrected chi connectivity index (χ4v) is 3.92. The van der Waals surface area contributed by atoms with Crippen molar-refractivity contribution < 1.29 is 4.79 Å². The molecule has 1 aliphatic rings. The molecule has 0 aliphatic carbocycles. The molecule has 0 unspecified atom stereocenters. The zero-order valence-corrected chi connectivity index (χ0v) is 16.7. The second-order valence-corrected chi connectivity index (χ2v) is 7.24. The van der Waals surface area contributed by atoms with Crippen LogP contribution in [0.25, 0.3) is 5.69 Å². The fourth-order valence-electron chi connectivity index (χ4n) is 3.92. The normalized spacial score (nSPS) is 14.0. The minimum atomic E-state index is 0.0163. The van der Waals surface area contributed by atoms with Gasteiger partial charge in [-0.2, -0.15) is 10.4 Å². The molecular formula is C23H23N5O. The summed E-state index contributed by atoms with van der Waals surface area (Å²) in [5.41, 5.74) is 5.50. The Labute approximate surface area is 170 Å². The van der Waals surface area contributed by atoms with Crippen molar-refractivity contribution in [1.82, 2.24) is 14.7 Å². The Morgan fingerprint density at radius 1 is 0.966 bits per heavy atom. The fraction of sp³-hybridized carbons (Fsp3) is 0.261. The average molecular weight is 385 g/mol. The zero-order valence-electron chi connectivity index (χ0n) is 16.7. The van der Waals surface area contributed by atoms with Gasteiger partial charge in [0.2, 0.25) is 0 Å². The number of hydrogen-bond donors (Lipinski definition) is 0. The van der Waals surface area contributed by atoms with Crippen LogP contribution in [0.1, 0.15) is 27.3 Å². The molecule has 0 atom stereocenters. The lowest BCUT2D eigenvalue weighted by atomic mass is 10.1. The number of carbonyl (C=O) groups excluding carboxylic acids is 1.